The molecule has 0 aromatic carbocycles. The summed E-state index contributed by atoms with van der Waals surface area (Å²) in [5, 5.41) is 3.54. The number of rotatable bonds is 4. The zero-order valence-corrected chi connectivity index (χ0v) is 15.1. The lowest BCUT2D eigenvalue weighted by Crippen LogP contribution is -2.48. The molecule has 2 heterocycles. The number of hydrogen-bond acceptors (Lipinski definition) is 5. The number of fused-ring (bicyclic) bond motifs is 1. The van der Waals surface area contributed by atoms with Crippen LogP contribution in [0.5, 0.6) is 0 Å². The van der Waals surface area contributed by atoms with Crippen LogP contribution in [-0.4, -0.2) is 48.6 Å². The van der Waals surface area contributed by atoms with Gasteiger partial charge in [-0.3, -0.25) is 14.5 Å². The number of anilines is 1. The van der Waals surface area contributed by atoms with Gasteiger partial charge in [0.2, 0.25) is 5.91 Å². The normalized spacial score (nSPS) is 24.4. The molecule has 0 radical (unpaired) electrons. The van der Waals surface area contributed by atoms with Gasteiger partial charge in [-0.25, -0.2) is 0 Å². The molecular formula is C17H25N3O3S. The molecule has 1 fully saturated rings. The first kappa shape index (κ1) is 17.4. The van der Waals surface area contributed by atoms with Crippen LogP contribution >= 0.6 is 11.3 Å². The molecule has 3 rings (SSSR count). The molecule has 1 aliphatic carbocycles. The van der Waals surface area contributed by atoms with Crippen molar-refractivity contribution in [3.05, 3.63) is 16.0 Å². The summed E-state index contributed by atoms with van der Waals surface area (Å²) in [6.07, 6.45) is 4.28. The van der Waals surface area contributed by atoms with Crippen LogP contribution in [-0.2, 0) is 22.4 Å². The number of carbonyl (C=O) groups is 2. The fourth-order valence-electron chi connectivity index (χ4n) is 3.70. The number of ether oxygens (including phenoxy) is 1. The second-order valence-corrected chi connectivity index (χ2v) is 7.88. The molecule has 6 nitrogen and oxygen atoms in total. The summed E-state index contributed by atoms with van der Waals surface area (Å²) in [6.45, 7) is 5.81. The molecule has 0 saturated carbocycles. The average molecular weight is 351 g/mol. The molecule has 2 amide bonds. The van der Waals surface area contributed by atoms with E-state index < -0.39 is 5.91 Å². The minimum atomic E-state index is -0.446. The Morgan fingerprint density at radius 1 is 1.25 bits per heavy atom. The summed E-state index contributed by atoms with van der Waals surface area (Å²) >= 11 is 1.51. The van der Waals surface area contributed by atoms with Crippen LogP contribution in [0.4, 0.5) is 5.00 Å². The summed E-state index contributed by atoms with van der Waals surface area (Å²) in [7, 11) is 0. The lowest BCUT2D eigenvalue weighted by molar-refractivity contribution is -0.121. The molecule has 7 heteroatoms. The van der Waals surface area contributed by atoms with E-state index in [1.165, 1.54) is 16.2 Å². The number of nitrogens with one attached hydrogen (secondary N) is 1. The zero-order valence-electron chi connectivity index (χ0n) is 14.3. The number of amides is 2. The molecule has 132 valence electrons. The third kappa shape index (κ3) is 3.79. The van der Waals surface area contributed by atoms with Crippen LogP contribution in [0.3, 0.4) is 0 Å². The fourth-order valence-corrected chi connectivity index (χ4v) is 5.01. The molecule has 24 heavy (non-hydrogen) atoms. The van der Waals surface area contributed by atoms with Gasteiger partial charge >= 0.3 is 0 Å². The second kappa shape index (κ2) is 7.21. The summed E-state index contributed by atoms with van der Waals surface area (Å²) in [4.78, 5) is 27.6. The lowest BCUT2D eigenvalue weighted by Gasteiger charge is -2.34. The van der Waals surface area contributed by atoms with Gasteiger partial charge in [0.15, 0.2) is 0 Å². The number of primary amides is 1. The Balaban J connectivity index is 1.70. The molecule has 1 saturated heterocycles. The number of thiophene rings is 1. The molecule has 2 aliphatic rings. The highest BCUT2D eigenvalue weighted by Crippen LogP contribution is 2.37. The van der Waals surface area contributed by atoms with E-state index >= 15 is 0 Å². The maximum absolute atomic E-state index is 12.4. The number of aryl methyl sites for hydroxylation is 1. The Hall–Kier alpha value is -1.44. The maximum atomic E-state index is 12.4. The Labute approximate surface area is 146 Å². The summed E-state index contributed by atoms with van der Waals surface area (Å²) in [5.41, 5.74) is 7.13. The van der Waals surface area contributed by atoms with Crippen LogP contribution in [0.1, 0.15) is 47.5 Å². The van der Waals surface area contributed by atoms with Crippen molar-refractivity contribution < 1.29 is 14.3 Å². The number of nitrogens with zero attached hydrogens (tertiary/aromatic N) is 1. The fraction of sp³-hybridized carbons (Fsp3) is 0.647. The van der Waals surface area contributed by atoms with Crippen molar-refractivity contribution in [1.82, 2.24) is 4.90 Å². The minimum Gasteiger partial charge on any atom is -0.373 e. The first-order valence-corrected chi connectivity index (χ1v) is 9.37. The maximum Gasteiger partial charge on any atom is 0.251 e. The average Bonchev–Trinajstić information content (AvgIpc) is 2.83. The molecule has 1 aromatic rings. The van der Waals surface area contributed by atoms with Crippen LogP contribution in [0.2, 0.25) is 0 Å². The topological polar surface area (TPSA) is 84.7 Å². The minimum absolute atomic E-state index is 0.0996. The van der Waals surface area contributed by atoms with E-state index in [0.717, 1.165) is 44.3 Å². The number of morpholine rings is 1. The first-order valence-electron chi connectivity index (χ1n) is 8.56. The van der Waals surface area contributed by atoms with Crippen molar-refractivity contribution in [2.24, 2.45) is 5.73 Å². The van der Waals surface area contributed by atoms with Gasteiger partial charge in [0.05, 0.1) is 24.3 Å². The Kier molecular flexibility index (Phi) is 5.22. The molecule has 2 atom stereocenters. The molecular weight excluding hydrogens is 326 g/mol. The highest BCUT2D eigenvalue weighted by molar-refractivity contribution is 7.17. The van der Waals surface area contributed by atoms with Crippen molar-refractivity contribution in [2.45, 2.75) is 51.7 Å². The molecule has 0 unspecified atom stereocenters. The van der Waals surface area contributed by atoms with Gasteiger partial charge in [-0.1, -0.05) is 0 Å². The van der Waals surface area contributed by atoms with E-state index in [0.29, 0.717) is 17.1 Å². The molecule has 0 spiro atoms. The van der Waals surface area contributed by atoms with Gasteiger partial charge in [0, 0.05) is 18.0 Å². The zero-order chi connectivity index (χ0) is 17.3. The highest BCUT2D eigenvalue weighted by Gasteiger charge is 2.27. The van der Waals surface area contributed by atoms with E-state index in [1.54, 1.807) is 0 Å². The lowest BCUT2D eigenvalue weighted by atomic mass is 9.95. The highest BCUT2D eigenvalue weighted by atomic mass is 32.1. The van der Waals surface area contributed by atoms with Crippen LogP contribution in [0.25, 0.3) is 0 Å². The van der Waals surface area contributed by atoms with Crippen LogP contribution in [0, 0.1) is 0 Å². The SMILES string of the molecule is C[C@@H]1CN(CC(=O)Nc2sc3c(c2C(N)=O)CCCC3)C[C@@H](C)O1. The third-order valence-electron chi connectivity index (χ3n) is 4.53. The van der Waals surface area contributed by atoms with Crippen LogP contribution < -0.4 is 11.1 Å². The number of carbonyl (C=O) groups excluding carboxylic acids is 2. The Bertz CT molecular complexity index is 633. The molecule has 1 aromatic heterocycles. The van der Waals surface area contributed by atoms with Crippen molar-refractivity contribution in [3.8, 4) is 0 Å². The van der Waals surface area contributed by atoms with Crippen molar-refractivity contribution in [3.63, 3.8) is 0 Å². The summed E-state index contributed by atoms with van der Waals surface area (Å²) in [6, 6.07) is 0. The van der Waals surface area contributed by atoms with E-state index in [2.05, 4.69) is 10.2 Å². The third-order valence-corrected chi connectivity index (χ3v) is 5.74. The molecule has 1 aliphatic heterocycles. The van der Waals surface area contributed by atoms with Crippen molar-refractivity contribution >= 4 is 28.2 Å². The van der Waals surface area contributed by atoms with E-state index in [-0.39, 0.29) is 18.1 Å². The standard InChI is InChI=1S/C17H25N3O3S/c1-10-7-20(8-11(2)23-10)9-14(21)19-17-15(16(18)22)12-5-3-4-6-13(12)24-17/h10-11H,3-9H2,1-2H3,(H2,18,22)(H,19,21)/t10-,11-/m1/s1. The van der Waals surface area contributed by atoms with Gasteiger partial charge in [-0.15, -0.1) is 11.3 Å². The number of hydrogen-bond donors (Lipinski definition) is 2. The predicted molar refractivity (Wildman–Crippen MR) is 94.6 cm³/mol. The summed E-state index contributed by atoms with van der Waals surface area (Å²) in [5.74, 6) is -0.546. The monoisotopic (exact) mass is 351 g/mol. The van der Waals surface area contributed by atoms with Crippen molar-refractivity contribution in [1.29, 1.82) is 0 Å². The van der Waals surface area contributed by atoms with E-state index in [9.17, 15) is 9.59 Å². The van der Waals surface area contributed by atoms with Crippen LogP contribution in [0.15, 0.2) is 0 Å². The van der Waals surface area contributed by atoms with Crippen molar-refractivity contribution in [2.75, 3.05) is 25.0 Å². The first-order chi connectivity index (χ1) is 11.4. The Morgan fingerprint density at radius 2 is 1.92 bits per heavy atom. The quantitative estimate of drug-likeness (QED) is 0.866. The number of nitrogens with two attached hydrogens (primary N) is 1. The largest absolute Gasteiger partial charge is 0.373 e. The van der Waals surface area contributed by atoms with E-state index in [1.807, 2.05) is 13.8 Å². The van der Waals surface area contributed by atoms with Gasteiger partial charge in [0.25, 0.3) is 5.91 Å². The Morgan fingerprint density at radius 3 is 2.58 bits per heavy atom. The van der Waals surface area contributed by atoms with Gasteiger partial charge in [-0.2, -0.15) is 0 Å². The predicted octanol–water partition coefficient (Wildman–Crippen LogP) is 1.77. The summed E-state index contributed by atoms with van der Waals surface area (Å²) < 4.78 is 5.69. The van der Waals surface area contributed by atoms with E-state index in [4.69, 9.17) is 10.5 Å². The molecule has 0 bridgehead atoms. The van der Waals surface area contributed by atoms with Gasteiger partial charge in [-0.05, 0) is 45.1 Å². The van der Waals surface area contributed by atoms with Gasteiger partial charge < -0.3 is 15.8 Å². The smallest absolute Gasteiger partial charge is 0.251 e. The van der Waals surface area contributed by atoms with Gasteiger partial charge in [0.1, 0.15) is 5.00 Å². The molecule has 3 N–H and O–H groups in total. The second-order valence-electron chi connectivity index (χ2n) is 6.78.